The summed E-state index contributed by atoms with van der Waals surface area (Å²) >= 11 is 0. The van der Waals surface area contributed by atoms with Crippen LogP contribution in [0.4, 0.5) is 10.2 Å². The molecule has 0 radical (unpaired) electrons. The first-order chi connectivity index (χ1) is 19.9. The van der Waals surface area contributed by atoms with Crippen molar-refractivity contribution in [1.82, 2.24) is 14.9 Å². The number of benzene rings is 1. The fourth-order valence-electron chi connectivity index (χ4n) is 5.84. The van der Waals surface area contributed by atoms with Gasteiger partial charge in [-0.05, 0) is 67.9 Å². The largest absolute Gasteiger partial charge is 0.493 e. The summed E-state index contributed by atoms with van der Waals surface area (Å²) in [6.07, 6.45) is 8.76. The third-order valence-corrected chi connectivity index (χ3v) is 7.84. The molecule has 1 fully saturated rings. The molecule has 3 aromatic rings. The summed E-state index contributed by atoms with van der Waals surface area (Å²) in [7, 11) is 1.36. The number of aromatic nitrogens is 2. The van der Waals surface area contributed by atoms with Crippen LogP contribution < -0.4 is 10.1 Å². The van der Waals surface area contributed by atoms with E-state index in [0.29, 0.717) is 43.3 Å². The van der Waals surface area contributed by atoms with Crippen LogP contribution in [-0.4, -0.2) is 65.4 Å². The van der Waals surface area contributed by atoms with Gasteiger partial charge in [0.05, 0.1) is 19.4 Å². The first kappa shape index (κ1) is 29.0. The van der Waals surface area contributed by atoms with Gasteiger partial charge in [-0.1, -0.05) is 12.5 Å². The summed E-state index contributed by atoms with van der Waals surface area (Å²) in [5, 5.41) is 13.6. The normalized spacial score (nSPS) is 17.7. The van der Waals surface area contributed by atoms with Gasteiger partial charge in [0.1, 0.15) is 17.6 Å². The van der Waals surface area contributed by atoms with Crippen molar-refractivity contribution < 1.29 is 28.2 Å². The first-order valence-electron chi connectivity index (χ1n) is 14.5. The number of unbranched alkanes of at least 4 members (excludes halogenated alkanes) is 2. The third-order valence-electron chi connectivity index (χ3n) is 7.84. The van der Waals surface area contributed by atoms with Gasteiger partial charge in [-0.3, -0.25) is 9.69 Å². The molecule has 4 heterocycles. The lowest BCUT2D eigenvalue weighted by Gasteiger charge is -2.26. The molecule has 2 aromatic heterocycles. The monoisotopic (exact) mass is 566 g/mol. The lowest BCUT2D eigenvalue weighted by atomic mass is 9.99. The Morgan fingerprint density at radius 2 is 2.17 bits per heavy atom. The lowest BCUT2D eigenvalue weighted by molar-refractivity contribution is -0.143. The Bertz CT molecular complexity index is 1350. The second-order valence-electron chi connectivity index (χ2n) is 10.9. The Morgan fingerprint density at radius 1 is 1.29 bits per heavy atom. The number of ether oxygens (including phenoxy) is 2. The van der Waals surface area contributed by atoms with Crippen molar-refractivity contribution in [3.8, 4) is 5.75 Å². The van der Waals surface area contributed by atoms with Crippen molar-refractivity contribution in [1.29, 1.82) is 0 Å². The van der Waals surface area contributed by atoms with E-state index in [-0.39, 0.29) is 17.4 Å². The zero-order valence-electron chi connectivity index (χ0n) is 23.8. The summed E-state index contributed by atoms with van der Waals surface area (Å²) in [6.45, 7) is 4.35. The topological polar surface area (TPSA) is 110 Å². The molecule has 0 spiro atoms. The van der Waals surface area contributed by atoms with E-state index in [2.05, 4.69) is 22.4 Å². The zero-order chi connectivity index (χ0) is 28.8. The predicted octanol–water partition coefficient (Wildman–Crippen LogP) is 5.10. The number of halogens is 1. The number of pyridine rings is 1. The molecule has 2 aliphatic rings. The number of anilines is 1. The number of nitrogens with one attached hydrogen (secondary N) is 1. The smallest absolute Gasteiger partial charge is 0.325 e. The molecule has 1 saturated heterocycles. The van der Waals surface area contributed by atoms with Gasteiger partial charge in [-0.25, -0.2) is 14.4 Å². The molecule has 41 heavy (non-hydrogen) atoms. The van der Waals surface area contributed by atoms with Crippen LogP contribution in [0.25, 0.3) is 0 Å². The zero-order valence-corrected chi connectivity index (χ0v) is 23.8. The number of fused-ring (bicyclic) bond motifs is 1. The highest BCUT2D eigenvalue weighted by molar-refractivity contribution is 5.77. The van der Waals surface area contributed by atoms with Crippen LogP contribution in [0.1, 0.15) is 72.2 Å². The summed E-state index contributed by atoms with van der Waals surface area (Å²) in [5.41, 5.74) is 3.31. The fraction of sp³-hybridized carbons (Fsp3) is 0.516. The van der Waals surface area contributed by atoms with E-state index in [9.17, 15) is 9.90 Å². The van der Waals surface area contributed by atoms with Gasteiger partial charge in [0.25, 0.3) is 0 Å². The molecule has 1 unspecified atom stereocenters. The highest BCUT2D eigenvalue weighted by Crippen LogP contribution is 2.36. The van der Waals surface area contributed by atoms with E-state index in [4.69, 9.17) is 18.9 Å². The molecule has 2 N–H and O–H groups in total. The number of rotatable bonds is 13. The molecule has 2 aliphatic heterocycles. The van der Waals surface area contributed by atoms with Crippen LogP contribution in [0.3, 0.4) is 0 Å². The van der Waals surface area contributed by atoms with Gasteiger partial charge in [0, 0.05) is 50.8 Å². The quantitative estimate of drug-likeness (QED) is 0.273. The molecule has 0 saturated carbocycles. The van der Waals surface area contributed by atoms with Crippen molar-refractivity contribution in [3.05, 3.63) is 70.3 Å². The number of likely N-dealkylation sites (tertiary alicyclic amines) is 1. The van der Waals surface area contributed by atoms with Crippen molar-refractivity contribution in [2.45, 2.75) is 70.4 Å². The van der Waals surface area contributed by atoms with Crippen LogP contribution >= 0.6 is 0 Å². The molecule has 10 heteroatoms. The van der Waals surface area contributed by atoms with E-state index in [1.165, 1.54) is 18.7 Å². The second-order valence-corrected chi connectivity index (χ2v) is 10.9. The maximum Gasteiger partial charge on any atom is 0.325 e. The van der Waals surface area contributed by atoms with E-state index in [1.807, 2.05) is 4.90 Å². The first-order valence-corrected chi connectivity index (χ1v) is 14.5. The number of carboxylic acid groups (broad SMARTS) is 1. The van der Waals surface area contributed by atoms with E-state index >= 15 is 4.39 Å². The fourth-order valence-corrected chi connectivity index (χ4v) is 5.84. The molecule has 2 atom stereocenters. The molecule has 0 bridgehead atoms. The molecule has 0 aliphatic carbocycles. The number of aliphatic carboxylic acids is 1. The molecule has 9 nitrogen and oxygen atoms in total. The predicted molar refractivity (Wildman–Crippen MR) is 152 cm³/mol. The number of oxazole rings is 1. The lowest BCUT2D eigenvalue weighted by Crippen LogP contribution is -2.34. The standard InChI is InChI=1S/C31H39FN4O5/c1-20-34-18-25(41-20)15-21-16-26(29(39-2)27(32)17-21)28(31(37)38)36-13-11-24(19-36)40-14-5-3-4-8-23-10-9-22-7-6-12-33-30(22)35-23/h9-10,16-18,24,28H,3-8,11-15,19H2,1-2H3,(H,33,35)(H,37,38)/t24-,28?/m1/s1. The van der Waals surface area contributed by atoms with Crippen LogP contribution in [0.15, 0.2) is 34.9 Å². The van der Waals surface area contributed by atoms with E-state index in [0.717, 1.165) is 63.0 Å². The number of aryl methyl sites for hydroxylation is 3. The molecule has 220 valence electrons. The Kier molecular flexibility index (Phi) is 9.51. The highest BCUT2D eigenvalue weighted by Gasteiger charge is 2.36. The van der Waals surface area contributed by atoms with Crippen LogP contribution in [0.2, 0.25) is 0 Å². The summed E-state index contributed by atoms with van der Waals surface area (Å²) in [5.74, 6) is 0.432. The molecular weight excluding hydrogens is 527 g/mol. The van der Waals surface area contributed by atoms with Crippen LogP contribution in [0, 0.1) is 12.7 Å². The molecule has 0 amide bonds. The van der Waals surface area contributed by atoms with Crippen molar-refractivity contribution >= 4 is 11.8 Å². The Balaban J connectivity index is 1.13. The van der Waals surface area contributed by atoms with Crippen LogP contribution in [-0.2, 0) is 28.8 Å². The number of carboxylic acids is 1. The number of hydrogen-bond donors (Lipinski definition) is 2. The van der Waals surface area contributed by atoms with Gasteiger partial charge in [-0.15, -0.1) is 0 Å². The maximum absolute atomic E-state index is 15.0. The molecule has 5 rings (SSSR count). The second kappa shape index (κ2) is 13.4. The number of methoxy groups -OCH3 is 1. The van der Waals surface area contributed by atoms with E-state index < -0.39 is 17.8 Å². The van der Waals surface area contributed by atoms with Gasteiger partial charge in [0.15, 0.2) is 17.5 Å². The highest BCUT2D eigenvalue weighted by atomic mass is 19.1. The van der Waals surface area contributed by atoms with Gasteiger partial charge >= 0.3 is 5.97 Å². The SMILES string of the molecule is COc1c(F)cc(Cc2cnc(C)o2)cc1C(C(=O)O)N1CC[C@@H](OCCCCCc2ccc3c(n2)NCCC3)C1. The van der Waals surface area contributed by atoms with Gasteiger partial charge in [-0.2, -0.15) is 0 Å². The summed E-state index contributed by atoms with van der Waals surface area (Å²) in [4.78, 5) is 23.2. The molecular formula is C31H39FN4O5. The summed E-state index contributed by atoms with van der Waals surface area (Å²) < 4.78 is 32.0. The number of hydrogen-bond acceptors (Lipinski definition) is 8. The van der Waals surface area contributed by atoms with Crippen molar-refractivity contribution in [2.24, 2.45) is 0 Å². The van der Waals surface area contributed by atoms with E-state index in [1.54, 1.807) is 19.2 Å². The Hall–Kier alpha value is -3.50. The van der Waals surface area contributed by atoms with Gasteiger partial charge < -0.3 is 24.3 Å². The number of carbonyl (C=O) groups is 1. The third kappa shape index (κ3) is 7.23. The van der Waals surface area contributed by atoms with Crippen molar-refractivity contribution in [3.63, 3.8) is 0 Å². The summed E-state index contributed by atoms with van der Waals surface area (Å²) in [6, 6.07) is 6.33. The average molecular weight is 567 g/mol. The Morgan fingerprint density at radius 3 is 2.95 bits per heavy atom. The van der Waals surface area contributed by atoms with Crippen molar-refractivity contribution in [2.75, 3.05) is 38.7 Å². The minimum atomic E-state index is -1.05. The molecule has 1 aromatic carbocycles. The van der Waals surface area contributed by atoms with Gasteiger partial charge in [0.2, 0.25) is 0 Å². The minimum absolute atomic E-state index is 0.0523. The van der Waals surface area contributed by atoms with Crippen LogP contribution in [0.5, 0.6) is 5.75 Å². The maximum atomic E-state index is 15.0. The average Bonchev–Trinajstić information content (AvgIpc) is 3.59. The minimum Gasteiger partial charge on any atom is -0.493 e. The number of nitrogens with zero attached hydrogens (tertiary/aromatic N) is 3. The Labute approximate surface area is 240 Å².